The molecule has 1 aromatic heterocycles. The van der Waals surface area contributed by atoms with Gasteiger partial charge in [0.25, 0.3) is 11.8 Å². The van der Waals surface area contributed by atoms with Crippen LogP contribution in [0.3, 0.4) is 0 Å². The molecule has 2 aromatic rings. The number of carbonyl (C=O) groups is 2. The molecule has 0 bridgehead atoms. The van der Waals surface area contributed by atoms with Crippen molar-refractivity contribution in [2.24, 2.45) is 11.8 Å². The smallest absolute Gasteiger partial charge is 0.274 e. The van der Waals surface area contributed by atoms with Crippen molar-refractivity contribution in [2.45, 2.75) is 45.3 Å². The maximum atomic E-state index is 13.8. The highest BCUT2D eigenvalue weighted by Gasteiger charge is 2.41. The maximum absolute atomic E-state index is 13.8. The fourth-order valence-electron chi connectivity index (χ4n) is 4.55. The molecule has 3 atom stereocenters. The van der Waals surface area contributed by atoms with Gasteiger partial charge in [-0.25, -0.2) is 13.2 Å². The van der Waals surface area contributed by atoms with Crippen molar-refractivity contribution >= 4 is 11.8 Å². The number of carbonyl (C=O) groups excluding carboxylic acids is 2. The Labute approximate surface area is 187 Å². The van der Waals surface area contributed by atoms with Crippen molar-refractivity contribution < 1.29 is 27.9 Å². The van der Waals surface area contributed by atoms with Gasteiger partial charge in [0.2, 0.25) is 5.43 Å². The third kappa shape index (κ3) is 4.21. The number of likely N-dealkylation sites (N-methyl/N-ethyl adjacent to an activating group) is 1. The van der Waals surface area contributed by atoms with Crippen molar-refractivity contribution in [2.75, 3.05) is 7.05 Å². The van der Waals surface area contributed by atoms with Gasteiger partial charge in [-0.2, -0.15) is 0 Å². The molecule has 1 aromatic carbocycles. The van der Waals surface area contributed by atoms with Crippen LogP contribution in [-0.2, 0) is 13.1 Å². The van der Waals surface area contributed by atoms with Gasteiger partial charge in [0.15, 0.2) is 11.4 Å². The van der Waals surface area contributed by atoms with E-state index in [1.165, 1.54) is 15.7 Å². The zero-order valence-electron chi connectivity index (χ0n) is 18.2. The monoisotopic (exact) mass is 463 g/mol. The lowest BCUT2D eigenvalue weighted by Gasteiger charge is -2.35. The van der Waals surface area contributed by atoms with Gasteiger partial charge in [-0.1, -0.05) is 13.3 Å². The fourth-order valence-corrected chi connectivity index (χ4v) is 4.55. The van der Waals surface area contributed by atoms with E-state index in [9.17, 15) is 32.7 Å². The summed E-state index contributed by atoms with van der Waals surface area (Å²) in [6.45, 7) is 1.77. The number of hydrogen-bond acceptors (Lipinski definition) is 4. The molecular formula is C23H24F3N3O4. The molecule has 176 valence electrons. The van der Waals surface area contributed by atoms with E-state index >= 15 is 0 Å². The summed E-state index contributed by atoms with van der Waals surface area (Å²) in [6, 6.07) is 0.803. The van der Waals surface area contributed by atoms with Gasteiger partial charge in [0, 0.05) is 50.1 Å². The molecule has 1 saturated carbocycles. The molecule has 1 aliphatic heterocycles. The van der Waals surface area contributed by atoms with Crippen LogP contribution in [-0.4, -0.2) is 39.5 Å². The molecule has 10 heteroatoms. The number of amides is 2. The Morgan fingerprint density at radius 1 is 1.18 bits per heavy atom. The minimum absolute atomic E-state index is 0.160. The van der Waals surface area contributed by atoms with E-state index in [2.05, 4.69) is 12.2 Å². The van der Waals surface area contributed by atoms with Gasteiger partial charge in [0.05, 0.1) is 0 Å². The number of hydrogen-bond donors (Lipinski definition) is 2. The number of nitrogens with zero attached hydrogens (tertiary/aromatic N) is 2. The molecule has 4 rings (SSSR count). The average Bonchev–Trinajstić information content (AvgIpc) is 3.51. The highest BCUT2D eigenvalue weighted by atomic mass is 19.1. The minimum Gasteiger partial charge on any atom is -0.503 e. The van der Waals surface area contributed by atoms with Crippen LogP contribution in [0.15, 0.2) is 23.1 Å². The van der Waals surface area contributed by atoms with E-state index in [1.807, 2.05) is 0 Å². The molecule has 1 fully saturated rings. The number of nitrogens with one attached hydrogen (secondary N) is 1. The first kappa shape index (κ1) is 22.9. The van der Waals surface area contributed by atoms with Gasteiger partial charge < -0.3 is 19.9 Å². The Morgan fingerprint density at radius 3 is 2.45 bits per heavy atom. The molecule has 33 heavy (non-hydrogen) atoms. The summed E-state index contributed by atoms with van der Waals surface area (Å²) in [7, 11) is 1.62. The van der Waals surface area contributed by atoms with Gasteiger partial charge in [-0.3, -0.25) is 14.4 Å². The number of aromatic hydroxyl groups is 1. The lowest BCUT2D eigenvalue weighted by molar-refractivity contribution is 0.0627. The Kier molecular flexibility index (Phi) is 5.94. The number of fused-ring (bicyclic) bond motifs is 1. The van der Waals surface area contributed by atoms with Crippen molar-refractivity contribution in [1.29, 1.82) is 0 Å². The summed E-state index contributed by atoms with van der Waals surface area (Å²) < 4.78 is 42.1. The third-order valence-electron chi connectivity index (χ3n) is 6.68. The quantitative estimate of drug-likeness (QED) is 0.689. The first-order chi connectivity index (χ1) is 15.6. The van der Waals surface area contributed by atoms with Crippen molar-refractivity contribution in [1.82, 2.24) is 14.8 Å². The average molecular weight is 463 g/mol. The Balaban J connectivity index is 1.58. The van der Waals surface area contributed by atoms with Crippen LogP contribution < -0.4 is 10.7 Å². The molecule has 7 nitrogen and oxygen atoms in total. The van der Waals surface area contributed by atoms with Crippen LogP contribution in [0.5, 0.6) is 5.75 Å². The van der Waals surface area contributed by atoms with Gasteiger partial charge in [-0.05, 0) is 24.7 Å². The summed E-state index contributed by atoms with van der Waals surface area (Å²) in [5.74, 6) is -4.67. The van der Waals surface area contributed by atoms with Gasteiger partial charge >= 0.3 is 0 Å². The molecule has 1 aliphatic carbocycles. The lowest BCUT2D eigenvalue weighted by Crippen LogP contribution is -2.47. The van der Waals surface area contributed by atoms with Gasteiger partial charge in [-0.15, -0.1) is 0 Å². The van der Waals surface area contributed by atoms with Crippen LogP contribution >= 0.6 is 0 Å². The Hall–Kier alpha value is -3.30. The van der Waals surface area contributed by atoms with Crippen LogP contribution in [0.2, 0.25) is 0 Å². The van der Waals surface area contributed by atoms with Crippen molar-refractivity contribution in [3.05, 3.63) is 62.8 Å². The van der Waals surface area contributed by atoms with Crippen molar-refractivity contribution in [3.63, 3.8) is 0 Å². The summed E-state index contributed by atoms with van der Waals surface area (Å²) in [5, 5.41) is 12.6. The molecule has 0 saturated heterocycles. The highest BCUT2D eigenvalue weighted by Crippen LogP contribution is 2.45. The van der Waals surface area contributed by atoms with Gasteiger partial charge in [0.1, 0.15) is 23.0 Å². The van der Waals surface area contributed by atoms with E-state index in [1.54, 1.807) is 7.05 Å². The van der Waals surface area contributed by atoms with Crippen LogP contribution in [0, 0.1) is 29.3 Å². The predicted molar refractivity (Wildman–Crippen MR) is 112 cm³/mol. The molecule has 2 aliphatic rings. The fraction of sp³-hybridized carbons (Fsp3) is 0.435. The number of aromatic nitrogens is 1. The first-order valence-corrected chi connectivity index (χ1v) is 10.8. The number of rotatable bonds is 6. The molecule has 2 amide bonds. The molecular weight excluding hydrogens is 439 g/mol. The van der Waals surface area contributed by atoms with Crippen LogP contribution in [0.25, 0.3) is 0 Å². The summed E-state index contributed by atoms with van der Waals surface area (Å²) in [5.41, 5.74) is -2.30. The van der Waals surface area contributed by atoms with Crippen LogP contribution in [0.4, 0.5) is 13.2 Å². The second-order valence-corrected chi connectivity index (χ2v) is 8.72. The SMILES string of the molecule is CCC1C[C@@H]1C[C@@H]1Cn2cc(C(=O)NCc3c(F)cc(F)cc3F)c(=O)c(O)c2C(=O)N1C. The maximum Gasteiger partial charge on any atom is 0.274 e. The zero-order chi connectivity index (χ0) is 24.0. The predicted octanol–water partition coefficient (Wildman–Crippen LogP) is 2.79. The zero-order valence-corrected chi connectivity index (χ0v) is 18.2. The molecule has 1 unspecified atom stereocenters. The normalized spacial score (nSPS) is 21.7. The van der Waals surface area contributed by atoms with Crippen LogP contribution in [0.1, 0.15) is 52.6 Å². The minimum atomic E-state index is -1.18. The highest BCUT2D eigenvalue weighted by molar-refractivity contribution is 5.99. The third-order valence-corrected chi connectivity index (χ3v) is 6.68. The lowest BCUT2D eigenvalue weighted by atomic mass is 10.0. The summed E-state index contributed by atoms with van der Waals surface area (Å²) in [4.78, 5) is 39.5. The number of benzene rings is 1. The topological polar surface area (TPSA) is 91.6 Å². The van der Waals surface area contributed by atoms with E-state index in [-0.39, 0.29) is 11.7 Å². The number of halogens is 3. The van der Waals surface area contributed by atoms with E-state index < -0.39 is 58.1 Å². The van der Waals surface area contributed by atoms with E-state index in [0.717, 1.165) is 19.3 Å². The standard InChI is InChI=1S/C23H24F3N3O4/c1-3-11-4-12(11)5-14-9-29-10-16(20(30)21(31)19(29)23(33)28(14)2)22(32)27-8-15-17(25)6-13(24)7-18(15)26/h6-7,10-12,14,31H,3-5,8-9H2,1-2H3,(H,27,32)/t11?,12-,14-/m1/s1. The number of pyridine rings is 1. The summed E-state index contributed by atoms with van der Waals surface area (Å²) >= 11 is 0. The van der Waals surface area contributed by atoms with Crippen molar-refractivity contribution in [3.8, 4) is 5.75 Å². The summed E-state index contributed by atoms with van der Waals surface area (Å²) in [6.07, 6.45) is 4.13. The Morgan fingerprint density at radius 2 is 1.85 bits per heavy atom. The largest absolute Gasteiger partial charge is 0.503 e. The van der Waals surface area contributed by atoms with E-state index in [4.69, 9.17) is 0 Å². The second-order valence-electron chi connectivity index (χ2n) is 8.72. The first-order valence-electron chi connectivity index (χ1n) is 10.8. The molecule has 0 spiro atoms. The second kappa shape index (κ2) is 8.57. The Bertz CT molecular complexity index is 1170. The molecule has 2 N–H and O–H groups in total. The van der Waals surface area contributed by atoms with E-state index in [0.29, 0.717) is 30.5 Å². The molecule has 2 heterocycles. The molecule has 0 radical (unpaired) electrons.